The number of benzene rings is 1. The summed E-state index contributed by atoms with van der Waals surface area (Å²) in [5, 5.41) is 2.93. The van der Waals surface area contributed by atoms with E-state index in [1.54, 1.807) is 11.3 Å². The van der Waals surface area contributed by atoms with E-state index >= 15 is 0 Å². The van der Waals surface area contributed by atoms with E-state index in [1.807, 2.05) is 31.2 Å². The van der Waals surface area contributed by atoms with Crippen LogP contribution in [-0.2, 0) is 6.54 Å². The third-order valence-electron chi connectivity index (χ3n) is 2.59. The SMILES string of the molecule is Cc1ccc(C(=O)NCc2ccc(C)s2)c(Br)c1. The fraction of sp³-hybridized carbons (Fsp3) is 0.214. The summed E-state index contributed by atoms with van der Waals surface area (Å²) in [5.74, 6) is -0.0482. The summed E-state index contributed by atoms with van der Waals surface area (Å²) in [5.41, 5.74) is 1.81. The van der Waals surface area contributed by atoms with Crippen molar-refractivity contribution in [3.8, 4) is 0 Å². The van der Waals surface area contributed by atoms with Crippen molar-refractivity contribution in [3.63, 3.8) is 0 Å². The summed E-state index contributed by atoms with van der Waals surface area (Å²) in [6.07, 6.45) is 0. The minimum atomic E-state index is -0.0482. The van der Waals surface area contributed by atoms with Gasteiger partial charge in [-0.1, -0.05) is 6.07 Å². The number of amides is 1. The first-order valence-electron chi connectivity index (χ1n) is 5.66. The molecule has 0 fully saturated rings. The van der Waals surface area contributed by atoms with Gasteiger partial charge in [-0.15, -0.1) is 11.3 Å². The number of carbonyl (C=O) groups excluding carboxylic acids is 1. The van der Waals surface area contributed by atoms with Crippen molar-refractivity contribution >= 4 is 33.2 Å². The van der Waals surface area contributed by atoms with Gasteiger partial charge in [-0.05, 0) is 59.6 Å². The Morgan fingerprint density at radius 2 is 2.06 bits per heavy atom. The normalized spacial score (nSPS) is 10.4. The molecule has 0 saturated carbocycles. The van der Waals surface area contributed by atoms with Crippen molar-refractivity contribution in [2.45, 2.75) is 20.4 Å². The summed E-state index contributed by atoms with van der Waals surface area (Å²) in [6, 6.07) is 9.84. The van der Waals surface area contributed by atoms with Crippen LogP contribution >= 0.6 is 27.3 Å². The number of aryl methyl sites for hydroxylation is 2. The number of hydrogen-bond acceptors (Lipinski definition) is 2. The summed E-state index contributed by atoms with van der Waals surface area (Å²) >= 11 is 5.12. The third kappa shape index (κ3) is 3.21. The molecule has 0 saturated heterocycles. The van der Waals surface area contributed by atoms with E-state index in [-0.39, 0.29) is 5.91 Å². The second-order valence-corrected chi connectivity index (χ2v) is 6.41. The average Bonchev–Trinajstić information content (AvgIpc) is 2.72. The van der Waals surface area contributed by atoms with Gasteiger partial charge in [0.2, 0.25) is 0 Å². The van der Waals surface area contributed by atoms with Crippen LogP contribution < -0.4 is 5.32 Å². The third-order valence-corrected chi connectivity index (χ3v) is 4.25. The number of halogens is 1. The zero-order valence-corrected chi connectivity index (χ0v) is 12.7. The van der Waals surface area contributed by atoms with Gasteiger partial charge >= 0.3 is 0 Å². The monoisotopic (exact) mass is 323 g/mol. The molecule has 1 heterocycles. The maximum atomic E-state index is 12.0. The molecule has 4 heteroatoms. The highest BCUT2D eigenvalue weighted by molar-refractivity contribution is 9.10. The lowest BCUT2D eigenvalue weighted by Crippen LogP contribution is -2.22. The lowest BCUT2D eigenvalue weighted by molar-refractivity contribution is 0.0950. The minimum absolute atomic E-state index is 0.0482. The van der Waals surface area contributed by atoms with E-state index in [0.29, 0.717) is 12.1 Å². The van der Waals surface area contributed by atoms with Crippen molar-refractivity contribution in [3.05, 3.63) is 55.7 Å². The minimum Gasteiger partial charge on any atom is -0.347 e. The van der Waals surface area contributed by atoms with Crippen LogP contribution in [-0.4, -0.2) is 5.91 Å². The lowest BCUT2D eigenvalue weighted by Gasteiger charge is -2.06. The van der Waals surface area contributed by atoms with Gasteiger partial charge in [-0.2, -0.15) is 0 Å². The Labute approximate surface area is 119 Å². The van der Waals surface area contributed by atoms with Crippen LogP contribution in [0.1, 0.15) is 25.7 Å². The molecule has 2 nitrogen and oxygen atoms in total. The molecule has 1 amide bonds. The number of thiophene rings is 1. The van der Waals surface area contributed by atoms with Gasteiger partial charge < -0.3 is 5.32 Å². The Morgan fingerprint density at radius 3 is 2.67 bits per heavy atom. The Kier molecular flexibility index (Phi) is 4.19. The highest BCUT2D eigenvalue weighted by atomic mass is 79.9. The van der Waals surface area contributed by atoms with Crippen LogP contribution in [0.25, 0.3) is 0 Å². The Morgan fingerprint density at radius 1 is 1.28 bits per heavy atom. The summed E-state index contributed by atoms with van der Waals surface area (Å²) < 4.78 is 0.836. The molecule has 0 radical (unpaired) electrons. The van der Waals surface area contributed by atoms with Crippen LogP contribution in [0.4, 0.5) is 0 Å². The second kappa shape index (κ2) is 5.67. The molecule has 0 aliphatic heterocycles. The van der Waals surface area contributed by atoms with Crippen LogP contribution in [0.15, 0.2) is 34.8 Å². The highest BCUT2D eigenvalue weighted by Gasteiger charge is 2.09. The quantitative estimate of drug-likeness (QED) is 0.906. The zero-order chi connectivity index (χ0) is 13.1. The smallest absolute Gasteiger partial charge is 0.252 e. The second-order valence-electron chi connectivity index (χ2n) is 4.18. The first-order chi connectivity index (χ1) is 8.56. The molecule has 0 spiro atoms. The standard InChI is InChI=1S/C14H14BrNOS/c1-9-3-6-12(13(15)7-9)14(17)16-8-11-5-4-10(2)18-11/h3-7H,8H2,1-2H3,(H,16,17). The molecule has 0 aliphatic rings. The van der Waals surface area contributed by atoms with Gasteiger partial charge in [0, 0.05) is 14.2 Å². The van der Waals surface area contributed by atoms with Crippen molar-refractivity contribution in [2.75, 3.05) is 0 Å². The summed E-state index contributed by atoms with van der Waals surface area (Å²) in [4.78, 5) is 14.5. The molecule has 0 bridgehead atoms. The van der Waals surface area contributed by atoms with E-state index in [9.17, 15) is 4.79 Å². The van der Waals surface area contributed by atoms with E-state index in [2.05, 4.69) is 34.2 Å². The molecule has 94 valence electrons. The summed E-state index contributed by atoms with van der Waals surface area (Å²) in [6.45, 7) is 4.64. The molecule has 1 N–H and O–H groups in total. The molecule has 2 aromatic rings. The van der Waals surface area contributed by atoms with Crippen molar-refractivity contribution in [1.82, 2.24) is 5.32 Å². The van der Waals surface area contributed by atoms with Crippen LogP contribution in [0.5, 0.6) is 0 Å². The topological polar surface area (TPSA) is 29.1 Å². The predicted octanol–water partition coefficient (Wildman–Crippen LogP) is 4.06. The molecule has 0 atom stereocenters. The Bertz CT molecular complexity index is 577. The number of carbonyl (C=O) groups is 1. The van der Waals surface area contributed by atoms with Crippen LogP contribution in [0.3, 0.4) is 0 Å². The van der Waals surface area contributed by atoms with Gasteiger partial charge in [0.15, 0.2) is 0 Å². The van der Waals surface area contributed by atoms with Crippen molar-refractivity contribution < 1.29 is 4.79 Å². The number of nitrogens with one attached hydrogen (secondary N) is 1. The molecular weight excluding hydrogens is 310 g/mol. The van der Waals surface area contributed by atoms with E-state index in [4.69, 9.17) is 0 Å². The van der Waals surface area contributed by atoms with Crippen LogP contribution in [0, 0.1) is 13.8 Å². The number of hydrogen-bond donors (Lipinski definition) is 1. The van der Waals surface area contributed by atoms with Crippen molar-refractivity contribution in [2.24, 2.45) is 0 Å². The van der Waals surface area contributed by atoms with E-state index in [1.165, 1.54) is 9.75 Å². The lowest BCUT2D eigenvalue weighted by atomic mass is 10.1. The first-order valence-corrected chi connectivity index (χ1v) is 7.27. The van der Waals surface area contributed by atoms with Gasteiger partial charge in [0.25, 0.3) is 5.91 Å². The van der Waals surface area contributed by atoms with E-state index in [0.717, 1.165) is 10.0 Å². The highest BCUT2D eigenvalue weighted by Crippen LogP contribution is 2.19. The molecule has 18 heavy (non-hydrogen) atoms. The first kappa shape index (κ1) is 13.3. The van der Waals surface area contributed by atoms with Gasteiger partial charge in [-0.3, -0.25) is 4.79 Å². The fourth-order valence-electron chi connectivity index (χ4n) is 1.65. The predicted molar refractivity (Wildman–Crippen MR) is 79.1 cm³/mol. The van der Waals surface area contributed by atoms with Gasteiger partial charge in [-0.25, -0.2) is 0 Å². The van der Waals surface area contributed by atoms with Crippen molar-refractivity contribution in [1.29, 1.82) is 0 Å². The molecule has 2 rings (SSSR count). The molecular formula is C14H14BrNOS. The van der Waals surface area contributed by atoms with E-state index < -0.39 is 0 Å². The Balaban J connectivity index is 2.03. The molecule has 0 aliphatic carbocycles. The van der Waals surface area contributed by atoms with Crippen LogP contribution in [0.2, 0.25) is 0 Å². The van der Waals surface area contributed by atoms with Gasteiger partial charge in [0.1, 0.15) is 0 Å². The Hall–Kier alpha value is -1.13. The molecule has 0 unspecified atom stereocenters. The largest absolute Gasteiger partial charge is 0.347 e. The average molecular weight is 324 g/mol. The maximum absolute atomic E-state index is 12.0. The fourth-order valence-corrected chi connectivity index (χ4v) is 3.15. The molecule has 1 aromatic carbocycles. The zero-order valence-electron chi connectivity index (χ0n) is 10.3. The maximum Gasteiger partial charge on any atom is 0.252 e. The molecule has 1 aromatic heterocycles. The summed E-state index contributed by atoms with van der Waals surface area (Å²) in [7, 11) is 0. The number of rotatable bonds is 3. The van der Waals surface area contributed by atoms with Gasteiger partial charge in [0.05, 0.1) is 12.1 Å².